The van der Waals surface area contributed by atoms with Crippen molar-refractivity contribution in [3.8, 4) is 0 Å². The molecule has 19 heavy (non-hydrogen) atoms. The van der Waals surface area contributed by atoms with E-state index in [0.717, 1.165) is 25.7 Å². The van der Waals surface area contributed by atoms with Crippen LogP contribution in [0.1, 0.15) is 53.4 Å². The SMILES string of the molecule is CC(C)C1C(=O)NCC(=O)N1C1CCC(C)(C)CC1. The van der Waals surface area contributed by atoms with Crippen molar-refractivity contribution in [1.29, 1.82) is 0 Å². The van der Waals surface area contributed by atoms with Gasteiger partial charge in [-0.1, -0.05) is 27.7 Å². The first-order valence-corrected chi connectivity index (χ1v) is 7.41. The number of hydrogen-bond acceptors (Lipinski definition) is 2. The van der Waals surface area contributed by atoms with E-state index >= 15 is 0 Å². The molecule has 1 aliphatic heterocycles. The van der Waals surface area contributed by atoms with Crippen molar-refractivity contribution < 1.29 is 9.59 Å². The van der Waals surface area contributed by atoms with Gasteiger partial charge in [-0.3, -0.25) is 9.59 Å². The highest BCUT2D eigenvalue weighted by Gasteiger charge is 2.42. The molecule has 1 unspecified atom stereocenters. The van der Waals surface area contributed by atoms with Gasteiger partial charge in [0.05, 0.1) is 6.54 Å². The molecular weight excluding hydrogens is 240 g/mol. The Morgan fingerprint density at radius 3 is 2.32 bits per heavy atom. The number of nitrogens with zero attached hydrogens (tertiary/aromatic N) is 1. The molecule has 2 rings (SSSR count). The number of amides is 2. The van der Waals surface area contributed by atoms with E-state index in [4.69, 9.17) is 0 Å². The van der Waals surface area contributed by atoms with Crippen LogP contribution in [0, 0.1) is 11.3 Å². The lowest BCUT2D eigenvalue weighted by Gasteiger charge is -2.46. The Morgan fingerprint density at radius 1 is 1.21 bits per heavy atom. The van der Waals surface area contributed by atoms with Crippen molar-refractivity contribution >= 4 is 11.8 Å². The van der Waals surface area contributed by atoms with Crippen LogP contribution in [0.4, 0.5) is 0 Å². The fraction of sp³-hybridized carbons (Fsp3) is 0.867. The van der Waals surface area contributed by atoms with E-state index in [-0.39, 0.29) is 36.4 Å². The molecule has 1 atom stereocenters. The van der Waals surface area contributed by atoms with Gasteiger partial charge in [-0.05, 0) is 37.0 Å². The first-order valence-electron chi connectivity index (χ1n) is 7.41. The second-order valence-corrected chi connectivity index (χ2v) is 7.10. The lowest BCUT2D eigenvalue weighted by atomic mass is 9.74. The van der Waals surface area contributed by atoms with Gasteiger partial charge in [-0.15, -0.1) is 0 Å². The quantitative estimate of drug-likeness (QED) is 0.830. The summed E-state index contributed by atoms with van der Waals surface area (Å²) in [6.07, 6.45) is 4.31. The maximum absolute atomic E-state index is 12.2. The monoisotopic (exact) mass is 266 g/mol. The Bertz CT molecular complexity index is 366. The van der Waals surface area contributed by atoms with Gasteiger partial charge >= 0.3 is 0 Å². The summed E-state index contributed by atoms with van der Waals surface area (Å²) in [6.45, 7) is 8.77. The molecule has 0 aromatic rings. The molecule has 0 bridgehead atoms. The second-order valence-electron chi connectivity index (χ2n) is 7.10. The number of piperazine rings is 1. The number of carbonyl (C=O) groups excluding carboxylic acids is 2. The van der Waals surface area contributed by atoms with Crippen LogP contribution < -0.4 is 5.32 Å². The zero-order valence-electron chi connectivity index (χ0n) is 12.5. The average Bonchev–Trinajstić information content (AvgIpc) is 2.32. The Morgan fingerprint density at radius 2 is 1.79 bits per heavy atom. The summed E-state index contributed by atoms with van der Waals surface area (Å²) in [7, 11) is 0. The highest BCUT2D eigenvalue weighted by atomic mass is 16.2. The van der Waals surface area contributed by atoms with Crippen molar-refractivity contribution in [3.63, 3.8) is 0 Å². The maximum atomic E-state index is 12.2. The van der Waals surface area contributed by atoms with Crippen LogP contribution in [0.3, 0.4) is 0 Å². The molecule has 2 amide bonds. The number of carbonyl (C=O) groups is 2. The Hall–Kier alpha value is -1.06. The summed E-state index contributed by atoms with van der Waals surface area (Å²) in [5, 5.41) is 2.72. The third-order valence-electron chi connectivity index (χ3n) is 4.60. The fourth-order valence-corrected chi connectivity index (χ4v) is 3.36. The summed E-state index contributed by atoms with van der Waals surface area (Å²) in [6, 6.07) is -0.0357. The summed E-state index contributed by atoms with van der Waals surface area (Å²) in [5.41, 5.74) is 0.380. The zero-order chi connectivity index (χ0) is 14.2. The predicted octanol–water partition coefficient (Wildman–Crippen LogP) is 1.94. The highest BCUT2D eigenvalue weighted by Crippen LogP contribution is 2.38. The zero-order valence-corrected chi connectivity index (χ0v) is 12.5. The van der Waals surface area contributed by atoms with Crippen LogP contribution in [0.15, 0.2) is 0 Å². The van der Waals surface area contributed by atoms with Gasteiger partial charge in [0.15, 0.2) is 0 Å². The molecular formula is C15H26N2O2. The minimum Gasteiger partial charge on any atom is -0.345 e. The third-order valence-corrected chi connectivity index (χ3v) is 4.60. The molecule has 108 valence electrons. The van der Waals surface area contributed by atoms with Crippen LogP contribution in [0.25, 0.3) is 0 Å². The molecule has 1 saturated heterocycles. The van der Waals surface area contributed by atoms with E-state index in [1.807, 2.05) is 18.7 Å². The molecule has 1 aliphatic carbocycles. The van der Waals surface area contributed by atoms with Gasteiger partial charge in [-0.2, -0.15) is 0 Å². The minimum absolute atomic E-state index is 0.0134. The van der Waals surface area contributed by atoms with Crippen LogP contribution in [-0.4, -0.2) is 35.3 Å². The second kappa shape index (κ2) is 5.14. The first-order chi connectivity index (χ1) is 8.82. The van der Waals surface area contributed by atoms with E-state index in [1.165, 1.54) is 0 Å². The molecule has 4 nitrogen and oxygen atoms in total. The molecule has 0 aromatic heterocycles. The third kappa shape index (κ3) is 2.93. The van der Waals surface area contributed by atoms with Gasteiger partial charge in [-0.25, -0.2) is 0 Å². The van der Waals surface area contributed by atoms with E-state index < -0.39 is 0 Å². The summed E-state index contributed by atoms with van der Waals surface area (Å²) in [5.74, 6) is 0.265. The van der Waals surface area contributed by atoms with Gasteiger partial charge < -0.3 is 10.2 Å². The number of hydrogen-bond donors (Lipinski definition) is 1. The van der Waals surface area contributed by atoms with Crippen molar-refractivity contribution in [2.24, 2.45) is 11.3 Å². The van der Waals surface area contributed by atoms with Crippen molar-refractivity contribution in [1.82, 2.24) is 10.2 Å². The smallest absolute Gasteiger partial charge is 0.243 e. The molecule has 4 heteroatoms. The lowest BCUT2D eigenvalue weighted by molar-refractivity contribution is -0.151. The number of rotatable bonds is 2. The Balaban J connectivity index is 2.15. The summed E-state index contributed by atoms with van der Waals surface area (Å²) >= 11 is 0. The molecule has 0 spiro atoms. The van der Waals surface area contributed by atoms with Crippen LogP contribution >= 0.6 is 0 Å². The van der Waals surface area contributed by atoms with E-state index in [0.29, 0.717) is 5.41 Å². The van der Waals surface area contributed by atoms with Crippen molar-refractivity contribution in [2.45, 2.75) is 65.5 Å². The molecule has 1 saturated carbocycles. The number of nitrogens with one attached hydrogen (secondary N) is 1. The summed E-state index contributed by atoms with van der Waals surface area (Å²) < 4.78 is 0. The topological polar surface area (TPSA) is 49.4 Å². The van der Waals surface area contributed by atoms with Gasteiger partial charge in [0.2, 0.25) is 11.8 Å². The van der Waals surface area contributed by atoms with Crippen molar-refractivity contribution in [2.75, 3.05) is 6.54 Å². The minimum atomic E-state index is -0.285. The lowest BCUT2D eigenvalue weighted by Crippen LogP contribution is -2.63. The fourth-order valence-electron chi connectivity index (χ4n) is 3.36. The standard InChI is InChI=1S/C15H26N2O2/c1-10(2)13-14(19)16-9-12(18)17(13)11-5-7-15(3,4)8-6-11/h10-11,13H,5-9H2,1-4H3,(H,16,19). The van der Waals surface area contributed by atoms with Gasteiger partial charge in [0.1, 0.15) is 6.04 Å². The van der Waals surface area contributed by atoms with E-state index in [1.54, 1.807) is 0 Å². The first kappa shape index (κ1) is 14.4. The Kier molecular flexibility index (Phi) is 3.88. The van der Waals surface area contributed by atoms with E-state index in [9.17, 15) is 9.59 Å². The van der Waals surface area contributed by atoms with Crippen molar-refractivity contribution in [3.05, 3.63) is 0 Å². The molecule has 1 N–H and O–H groups in total. The molecule has 1 heterocycles. The van der Waals surface area contributed by atoms with Crippen LogP contribution in [0.5, 0.6) is 0 Å². The van der Waals surface area contributed by atoms with Gasteiger partial charge in [0, 0.05) is 6.04 Å². The van der Waals surface area contributed by atoms with Crippen LogP contribution in [0.2, 0.25) is 0 Å². The normalized spacial score (nSPS) is 28.7. The summed E-state index contributed by atoms with van der Waals surface area (Å²) in [4.78, 5) is 26.2. The van der Waals surface area contributed by atoms with E-state index in [2.05, 4.69) is 19.2 Å². The predicted molar refractivity (Wildman–Crippen MR) is 74.5 cm³/mol. The van der Waals surface area contributed by atoms with Crippen LogP contribution in [-0.2, 0) is 9.59 Å². The van der Waals surface area contributed by atoms with Gasteiger partial charge in [0.25, 0.3) is 0 Å². The molecule has 2 aliphatic rings. The largest absolute Gasteiger partial charge is 0.345 e. The Labute approximate surface area is 115 Å². The average molecular weight is 266 g/mol. The maximum Gasteiger partial charge on any atom is 0.243 e. The highest BCUT2D eigenvalue weighted by molar-refractivity contribution is 5.95. The molecule has 0 aromatic carbocycles. The molecule has 2 fully saturated rings. The molecule has 0 radical (unpaired) electrons.